The lowest BCUT2D eigenvalue weighted by molar-refractivity contribution is 0.952. The normalized spacial score (nSPS) is 11.0. The number of fused-ring (bicyclic) bond motifs is 1. The van der Waals surface area contributed by atoms with Crippen molar-refractivity contribution in [3.8, 4) is 0 Å². The highest BCUT2D eigenvalue weighted by molar-refractivity contribution is 8.03. The van der Waals surface area contributed by atoms with Gasteiger partial charge in [-0.15, -0.1) is 10.2 Å². The van der Waals surface area contributed by atoms with Crippen molar-refractivity contribution >= 4 is 45.8 Å². The maximum absolute atomic E-state index is 12.0. The zero-order chi connectivity index (χ0) is 16.2. The van der Waals surface area contributed by atoms with E-state index in [1.165, 1.54) is 11.8 Å². The van der Waals surface area contributed by atoms with E-state index in [-0.39, 0.29) is 5.56 Å². The van der Waals surface area contributed by atoms with E-state index in [0.29, 0.717) is 22.5 Å². The lowest BCUT2D eigenvalue weighted by atomic mass is 10.2. The van der Waals surface area contributed by atoms with Crippen LogP contribution in [-0.2, 0) is 5.75 Å². The van der Waals surface area contributed by atoms with Crippen LogP contribution in [0.4, 0.5) is 0 Å². The summed E-state index contributed by atoms with van der Waals surface area (Å²) in [6.07, 6.45) is 0. The second-order valence-corrected chi connectivity index (χ2v) is 8.32. The van der Waals surface area contributed by atoms with Gasteiger partial charge in [-0.2, -0.15) is 0 Å². The van der Waals surface area contributed by atoms with Gasteiger partial charge in [-0.3, -0.25) is 4.79 Å². The van der Waals surface area contributed by atoms with E-state index < -0.39 is 0 Å². The van der Waals surface area contributed by atoms with Crippen LogP contribution in [0.15, 0.2) is 49.9 Å². The van der Waals surface area contributed by atoms with Crippen molar-refractivity contribution in [1.82, 2.24) is 20.2 Å². The molecule has 0 aliphatic carbocycles. The first kappa shape index (κ1) is 16.2. The number of aromatic nitrogens is 4. The minimum Gasteiger partial charge on any atom is -0.309 e. The van der Waals surface area contributed by atoms with Crippen molar-refractivity contribution in [1.29, 1.82) is 0 Å². The Morgan fingerprint density at radius 2 is 2.00 bits per heavy atom. The van der Waals surface area contributed by atoms with Gasteiger partial charge in [0.2, 0.25) is 0 Å². The van der Waals surface area contributed by atoms with Crippen LogP contribution in [-0.4, -0.2) is 25.9 Å². The van der Waals surface area contributed by atoms with E-state index in [0.717, 1.165) is 20.0 Å². The lowest BCUT2D eigenvalue weighted by Gasteiger charge is -2.01. The van der Waals surface area contributed by atoms with Crippen LogP contribution >= 0.6 is 34.9 Å². The highest BCUT2D eigenvalue weighted by Gasteiger charge is 2.08. The van der Waals surface area contributed by atoms with Gasteiger partial charge in [-0.1, -0.05) is 59.1 Å². The molecule has 0 bridgehead atoms. The minimum atomic E-state index is -0.110. The number of aromatic amines is 1. The number of hydrogen-bond acceptors (Lipinski definition) is 7. The molecule has 0 atom stereocenters. The van der Waals surface area contributed by atoms with Crippen molar-refractivity contribution in [3.05, 3.63) is 52.6 Å². The highest BCUT2D eigenvalue weighted by atomic mass is 32.2. The van der Waals surface area contributed by atoms with Crippen LogP contribution in [0.25, 0.3) is 10.9 Å². The molecule has 8 heteroatoms. The molecule has 0 unspecified atom stereocenters. The second-order valence-electron chi connectivity index (χ2n) is 4.90. The molecule has 2 heterocycles. The Morgan fingerprint density at radius 3 is 2.78 bits per heavy atom. The molecule has 118 valence electrons. The first-order valence-electron chi connectivity index (χ1n) is 6.83. The molecule has 23 heavy (non-hydrogen) atoms. The van der Waals surface area contributed by atoms with Gasteiger partial charge in [-0.05, 0) is 19.1 Å². The SMILES string of the molecule is C=C(C)CSc1nnc(SCc2nc3ccccc3c(=O)[nH]2)s1. The molecule has 0 saturated carbocycles. The Bertz CT molecular complexity index is 903. The van der Waals surface area contributed by atoms with Crippen LogP contribution in [0, 0.1) is 0 Å². The summed E-state index contributed by atoms with van der Waals surface area (Å²) < 4.78 is 1.79. The fraction of sp³-hybridized carbons (Fsp3) is 0.200. The summed E-state index contributed by atoms with van der Waals surface area (Å²) in [6, 6.07) is 7.32. The first-order chi connectivity index (χ1) is 11.1. The van der Waals surface area contributed by atoms with Crippen molar-refractivity contribution in [3.63, 3.8) is 0 Å². The smallest absolute Gasteiger partial charge is 0.258 e. The van der Waals surface area contributed by atoms with Gasteiger partial charge in [0.05, 0.1) is 16.7 Å². The molecular formula is C15H14N4OS3. The van der Waals surface area contributed by atoms with E-state index in [1.807, 2.05) is 25.1 Å². The van der Waals surface area contributed by atoms with Crippen LogP contribution in [0.5, 0.6) is 0 Å². The molecule has 1 aromatic carbocycles. The third-order valence-electron chi connectivity index (χ3n) is 2.82. The Kier molecular flexibility index (Phi) is 5.14. The van der Waals surface area contributed by atoms with Crippen molar-refractivity contribution in [2.45, 2.75) is 21.4 Å². The average Bonchev–Trinajstić information content (AvgIpc) is 2.99. The molecule has 0 amide bonds. The zero-order valence-corrected chi connectivity index (χ0v) is 14.9. The number of thioether (sulfide) groups is 2. The van der Waals surface area contributed by atoms with E-state index >= 15 is 0 Å². The molecule has 0 saturated heterocycles. The molecule has 0 aliphatic heterocycles. The topological polar surface area (TPSA) is 71.5 Å². The number of benzene rings is 1. The standard InChI is InChI=1S/C15H14N4OS3/c1-9(2)7-21-14-18-19-15(23-14)22-8-12-16-11-6-4-3-5-10(11)13(20)17-12/h3-6H,1,7-8H2,2H3,(H,16,17,20). The van der Waals surface area contributed by atoms with E-state index in [4.69, 9.17) is 0 Å². The van der Waals surface area contributed by atoms with Crippen LogP contribution in [0.1, 0.15) is 12.7 Å². The lowest BCUT2D eigenvalue weighted by Crippen LogP contribution is -2.11. The van der Waals surface area contributed by atoms with Gasteiger partial charge < -0.3 is 4.98 Å². The minimum absolute atomic E-state index is 0.110. The molecule has 1 N–H and O–H groups in total. The Morgan fingerprint density at radius 1 is 1.26 bits per heavy atom. The Labute approximate surface area is 145 Å². The maximum atomic E-state index is 12.0. The molecular weight excluding hydrogens is 348 g/mol. The van der Waals surface area contributed by atoms with Crippen LogP contribution in [0.2, 0.25) is 0 Å². The molecule has 0 fully saturated rings. The van der Waals surface area contributed by atoms with Gasteiger partial charge in [0.15, 0.2) is 8.68 Å². The summed E-state index contributed by atoms with van der Waals surface area (Å²) in [4.78, 5) is 19.3. The summed E-state index contributed by atoms with van der Waals surface area (Å²) in [7, 11) is 0. The summed E-state index contributed by atoms with van der Waals surface area (Å²) in [5.74, 6) is 2.05. The van der Waals surface area contributed by atoms with E-state index in [2.05, 4.69) is 26.7 Å². The predicted octanol–water partition coefficient (Wildman–Crippen LogP) is 3.74. The molecule has 3 rings (SSSR count). The van der Waals surface area contributed by atoms with Crippen LogP contribution < -0.4 is 5.56 Å². The van der Waals surface area contributed by atoms with E-state index in [9.17, 15) is 4.79 Å². The van der Waals surface area contributed by atoms with E-state index in [1.54, 1.807) is 29.2 Å². The molecule has 3 aromatic rings. The number of hydrogen-bond donors (Lipinski definition) is 1. The van der Waals surface area contributed by atoms with Gasteiger partial charge in [0.1, 0.15) is 5.82 Å². The molecule has 2 aromatic heterocycles. The second kappa shape index (κ2) is 7.29. The summed E-state index contributed by atoms with van der Waals surface area (Å²) in [5, 5.41) is 8.91. The highest BCUT2D eigenvalue weighted by Crippen LogP contribution is 2.30. The Hall–Kier alpha value is -1.64. The predicted molar refractivity (Wildman–Crippen MR) is 97.4 cm³/mol. The van der Waals surface area contributed by atoms with Crippen molar-refractivity contribution < 1.29 is 0 Å². The summed E-state index contributed by atoms with van der Waals surface area (Å²) in [5.41, 5.74) is 1.71. The van der Waals surface area contributed by atoms with Gasteiger partial charge >= 0.3 is 0 Å². The zero-order valence-electron chi connectivity index (χ0n) is 12.4. The average molecular weight is 363 g/mol. The largest absolute Gasteiger partial charge is 0.309 e. The quantitative estimate of drug-likeness (QED) is 0.532. The van der Waals surface area contributed by atoms with Gasteiger partial charge in [0, 0.05) is 5.75 Å². The fourth-order valence-electron chi connectivity index (χ4n) is 1.83. The van der Waals surface area contributed by atoms with Gasteiger partial charge in [0.25, 0.3) is 5.56 Å². The van der Waals surface area contributed by atoms with Crippen molar-refractivity contribution in [2.75, 3.05) is 5.75 Å². The van der Waals surface area contributed by atoms with Crippen LogP contribution in [0.3, 0.4) is 0 Å². The number of nitrogens with zero attached hydrogens (tertiary/aromatic N) is 3. The molecule has 0 radical (unpaired) electrons. The van der Waals surface area contributed by atoms with Crippen molar-refractivity contribution in [2.24, 2.45) is 0 Å². The van der Waals surface area contributed by atoms with Gasteiger partial charge in [-0.25, -0.2) is 4.98 Å². The number of rotatable bonds is 6. The molecule has 0 aliphatic rings. The third-order valence-corrected chi connectivity index (χ3v) is 6.26. The first-order valence-corrected chi connectivity index (χ1v) is 9.62. The summed E-state index contributed by atoms with van der Waals surface area (Å²) in [6.45, 7) is 5.87. The number of para-hydroxylation sites is 1. The molecule has 5 nitrogen and oxygen atoms in total. The Balaban J connectivity index is 1.69. The monoisotopic (exact) mass is 362 g/mol. The summed E-state index contributed by atoms with van der Waals surface area (Å²) >= 11 is 4.70. The fourth-order valence-corrected chi connectivity index (χ4v) is 4.57. The third kappa shape index (κ3) is 4.21. The number of H-pyrrole nitrogens is 1. The maximum Gasteiger partial charge on any atom is 0.258 e. The number of nitrogens with one attached hydrogen (secondary N) is 1. The molecule has 0 spiro atoms.